The molecule has 1 aliphatic carbocycles. The van der Waals surface area contributed by atoms with E-state index < -0.39 is 12.1 Å². The van der Waals surface area contributed by atoms with E-state index in [1.54, 1.807) is 10.6 Å². The van der Waals surface area contributed by atoms with Crippen molar-refractivity contribution in [3.05, 3.63) is 48.4 Å². The summed E-state index contributed by atoms with van der Waals surface area (Å²) < 4.78 is 14.7. The molecule has 1 saturated carbocycles. The molecule has 0 unspecified atom stereocenters. The summed E-state index contributed by atoms with van der Waals surface area (Å²) in [5.41, 5.74) is 4.93. The van der Waals surface area contributed by atoms with Crippen LogP contribution in [0.1, 0.15) is 12.0 Å². The molecule has 0 bridgehead atoms. The molecular weight excluding hydrogens is 333 g/mol. The molecule has 2 N–H and O–H groups in total. The second kappa shape index (κ2) is 5.39. The lowest BCUT2D eigenvalue weighted by molar-refractivity contribution is -0.117. The standard InChI is InChI=1S/C19H16FN5O/c1-10-13-2-4-21-18(13)22-9-15(10)11-3-5-25-12(6-11)7-17(24-25)23-19(26)14-8-16(14)20/h2-7,9,14,16H,8H2,1H3,(H,21,22)(H,23,24,26)/t14-,16+/m0/s1. The van der Waals surface area contributed by atoms with E-state index in [9.17, 15) is 9.18 Å². The molecule has 4 aromatic heterocycles. The van der Waals surface area contributed by atoms with Crippen LogP contribution in [0.3, 0.4) is 0 Å². The van der Waals surface area contributed by atoms with Crippen LogP contribution < -0.4 is 5.32 Å². The first-order chi connectivity index (χ1) is 12.6. The summed E-state index contributed by atoms with van der Waals surface area (Å²) in [7, 11) is 0. The van der Waals surface area contributed by atoms with Gasteiger partial charge in [-0.2, -0.15) is 5.10 Å². The number of carbonyl (C=O) groups is 1. The number of alkyl halides is 1. The molecule has 130 valence electrons. The maximum absolute atomic E-state index is 13.0. The van der Waals surface area contributed by atoms with Gasteiger partial charge < -0.3 is 10.3 Å². The van der Waals surface area contributed by atoms with Crippen molar-refractivity contribution in [1.29, 1.82) is 0 Å². The van der Waals surface area contributed by atoms with Gasteiger partial charge in [0.15, 0.2) is 5.82 Å². The Morgan fingerprint density at radius 1 is 1.38 bits per heavy atom. The molecule has 26 heavy (non-hydrogen) atoms. The molecule has 0 aromatic carbocycles. The number of aromatic amines is 1. The van der Waals surface area contributed by atoms with E-state index >= 15 is 0 Å². The maximum Gasteiger partial charge on any atom is 0.231 e. The molecule has 0 saturated heterocycles. The number of aromatic nitrogens is 4. The number of hydrogen-bond donors (Lipinski definition) is 2. The van der Waals surface area contributed by atoms with Gasteiger partial charge in [0.05, 0.1) is 11.4 Å². The zero-order chi connectivity index (χ0) is 17.8. The molecule has 1 aliphatic rings. The highest BCUT2D eigenvalue weighted by Gasteiger charge is 2.43. The number of amides is 1. The Morgan fingerprint density at radius 2 is 2.23 bits per heavy atom. The maximum atomic E-state index is 13.0. The third kappa shape index (κ3) is 2.35. The Kier molecular flexibility index (Phi) is 3.12. The number of fused-ring (bicyclic) bond motifs is 2. The minimum absolute atomic E-state index is 0.303. The number of carbonyl (C=O) groups excluding carboxylic acids is 1. The minimum atomic E-state index is -1.02. The number of pyridine rings is 2. The zero-order valence-electron chi connectivity index (χ0n) is 14.0. The van der Waals surface area contributed by atoms with Crippen LogP contribution in [0.15, 0.2) is 42.9 Å². The van der Waals surface area contributed by atoms with Crippen molar-refractivity contribution in [2.45, 2.75) is 19.5 Å². The predicted octanol–water partition coefficient (Wildman–Crippen LogP) is 3.48. The third-order valence-corrected chi connectivity index (χ3v) is 4.93. The first kappa shape index (κ1) is 15.1. The average Bonchev–Trinajstić information content (AvgIpc) is 3.03. The average molecular weight is 349 g/mol. The van der Waals surface area contributed by atoms with Gasteiger partial charge in [-0.3, -0.25) is 4.79 Å². The predicted molar refractivity (Wildman–Crippen MR) is 96.6 cm³/mol. The quantitative estimate of drug-likeness (QED) is 0.595. The number of nitrogens with zero attached hydrogens (tertiary/aromatic N) is 3. The number of hydrogen-bond acceptors (Lipinski definition) is 3. The van der Waals surface area contributed by atoms with E-state index in [1.165, 1.54) is 0 Å². The molecule has 2 atom stereocenters. The molecule has 7 heteroatoms. The van der Waals surface area contributed by atoms with Gasteiger partial charge in [0.1, 0.15) is 11.8 Å². The highest BCUT2D eigenvalue weighted by atomic mass is 19.1. The fraction of sp³-hybridized carbons (Fsp3) is 0.211. The monoisotopic (exact) mass is 349 g/mol. The number of anilines is 1. The van der Waals surface area contributed by atoms with Crippen molar-refractivity contribution in [2.75, 3.05) is 5.32 Å². The Balaban J connectivity index is 1.50. The molecule has 4 aromatic rings. The summed E-state index contributed by atoms with van der Waals surface area (Å²) in [6, 6.07) is 7.77. The number of halogens is 1. The van der Waals surface area contributed by atoms with Crippen molar-refractivity contribution in [3.8, 4) is 11.1 Å². The first-order valence-electron chi connectivity index (χ1n) is 8.47. The van der Waals surface area contributed by atoms with Crippen LogP contribution in [0.4, 0.5) is 10.2 Å². The van der Waals surface area contributed by atoms with Crippen molar-refractivity contribution in [3.63, 3.8) is 0 Å². The Hall–Kier alpha value is -3.22. The second-order valence-corrected chi connectivity index (χ2v) is 6.70. The van der Waals surface area contributed by atoms with Crippen LogP contribution in [-0.2, 0) is 4.79 Å². The fourth-order valence-corrected chi connectivity index (χ4v) is 3.31. The molecule has 6 nitrogen and oxygen atoms in total. The highest BCUT2D eigenvalue weighted by Crippen LogP contribution is 2.35. The first-order valence-corrected chi connectivity index (χ1v) is 8.47. The second-order valence-electron chi connectivity index (χ2n) is 6.70. The van der Waals surface area contributed by atoms with Crippen molar-refractivity contribution >= 4 is 28.3 Å². The van der Waals surface area contributed by atoms with Gasteiger partial charge in [0.2, 0.25) is 5.91 Å². The molecule has 5 rings (SSSR count). The number of nitrogens with one attached hydrogen (secondary N) is 2. The normalized spacial score (nSPS) is 19.2. The van der Waals surface area contributed by atoms with E-state index in [2.05, 4.69) is 27.3 Å². The fourth-order valence-electron chi connectivity index (χ4n) is 3.31. The lowest BCUT2D eigenvalue weighted by Gasteiger charge is -2.07. The zero-order valence-corrected chi connectivity index (χ0v) is 14.0. The molecular formula is C19H16FN5O. The summed E-state index contributed by atoms with van der Waals surface area (Å²) in [5, 5.41) is 8.11. The molecule has 0 spiro atoms. The van der Waals surface area contributed by atoms with Crippen LogP contribution >= 0.6 is 0 Å². The Morgan fingerprint density at radius 3 is 3.04 bits per heavy atom. The topological polar surface area (TPSA) is 75.1 Å². The van der Waals surface area contributed by atoms with Gasteiger partial charge >= 0.3 is 0 Å². The van der Waals surface area contributed by atoms with Gasteiger partial charge in [-0.15, -0.1) is 0 Å². The smallest absolute Gasteiger partial charge is 0.231 e. The number of H-pyrrole nitrogens is 1. The lowest BCUT2D eigenvalue weighted by Crippen LogP contribution is -2.15. The lowest BCUT2D eigenvalue weighted by atomic mass is 10.0. The van der Waals surface area contributed by atoms with Gasteiger partial charge in [-0.1, -0.05) is 0 Å². The van der Waals surface area contributed by atoms with Gasteiger partial charge in [0, 0.05) is 35.6 Å². The van der Waals surface area contributed by atoms with Gasteiger partial charge in [-0.25, -0.2) is 13.9 Å². The van der Waals surface area contributed by atoms with E-state index in [-0.39, 0.29) is 5.91 Å². The largest absolute Gasteiger partial charge is 0.346 e. The molecule has 0 aliphatic heterocycles. The summed E-state index contributed by atoms with van der Waals surface area (Å²) in [6.07, 6.45) is 4.87. The Labute approximate surface area is 148 Å². The molecule has 1 amide bonds. The van der Waals surface area contributed by atoms with Crippen LogP contribution in [-0.4, -0.2) is 31.7 Å². The molecule has 1 fully saturated rings. The van der Waals surface area contributed by atoms with Crippen molar-refractivity contribution < 1.29 is 9.18 Å². The van der Waals surface area contributed by atoms with E-state index in [0.717, 1.165) is 33.2 Å². The molecule has 0 radical (unpaired) electrons. The van der Waals surface area contributed by atoms with Crippen molar-refractivity contribution in [1.82, 2.24) is 19.6 Å². The van der Waals surface area contributed by atoms with Gasteiger partial charge in [0.25, 0.3) is 0 Å². The van der Waals surface area contributed by atoms with Crippen LogP contribution in [0.5, 0.6) is 0 Å². The van der Waals surface area contributed by atoms with Crippen LogP contribution in [0.2, 0.25) is 0 Å². The van der Waals surface area contributed by atoms with E-state index in [0.29, 0.717) is 12.2 Å². The SMILES string of the molecule is Cc1c(-c2ccn3nc(NC(=O)[C@H]4C[C@H]4F)cc3c2)cnc2[nH]ccc12. The van der Waals surface area contributed by atoms with Crippen LogP contribution in [0, 0.1) is 12.8 Å². The Bertz CT molecular complexity index is 1160. The summed E-state index contributed by atoms with van der Waals surface area (Å²) in [4.78, 5) is 19.5. The third-order valence-electron chi connectivity index (χ3n) is 4.93. The van der Waals surface area contributed by atoms with Crippen molar-refractivity contribution in [2.24, 2.45) is 5.92 Å². The number of rotatable bonds is 3. The molecule has 4 heterocycles. The van der Waals surface area contributed by atoms with E-state index in [1.807, 2.05) is 36.8 Å². The minimum Gasteiger partial charge on any atom is -0.346 e. The summed E-state index contributed by atoms with van der Waals surface area (Å²) >= 11 is 0. The van der Waals surface area contributed by atoms with E-state index in [4.69, 9.17) is 0 Å². The van der Waals surface area contributed by atoms with Gasteiger partial charge in [-0.05, 0) is 42.7 Å². The van der Waals surface area contributed by atoms with Crippen LogP contribution in [0.25, 0.3) is 27.7 Å². The summed E-state index contributed by atoms with van der Waals surface area (Å²) in [6.45, 7) is 2.07. The highest BCUT2D eigenvalue weighted by molar-refractivity contribution is 5.94. The number of aryl methyl sites for hydroxylation is 1. The summed E-state index contributed by atoms with van der Waals surface area (Å²) in [5.74, 6) is -0.404.